The van der Waals surface area contributed by atoms with Gasteiger partial charge in [-0.05, 0) is 43.5 Å². The maximum Gasteiger partial charge on any atom is 0.225 e. The van der Waals surface area contributed by atoms with Crippen molar-refractivity contribution >= 4 is 11.6 Å². The van der Waals surface area contributed by atoms with Crippen molar-refractivity contribution in [3.8, 4) is 11.1 Å². The molecule has 4 heteroatoms. The highest BCUT2D eigenvalue weighted by Gasteiger charge is 2.11. The fraction of sp³-hybridized carbons (Fsp3) is 0.375. The van der Waals surface area contributed by atoms with E-state index in [1.54, 1.807) is 0 Å². The van der Waals surface area contributed by atoms with Gasteiger partial charge in [-0.25, -0.2) is 9.97 Å². The van der Waals surface area contributed by atoms with Crippen LogP contribution in [0, 0.1) is 0 Å². The summed E-state index contributed by atoms with van der Waals surface area (Å²) in [6.45, 7) is 7.14. The van der Waals surface area contributed by atoms with E-state index >= 15 is 0 Å². The summed E-state index contributed by atoms with van der Waals surface area (Å²) in [5, 5.41) is 3.38. The van der Waals surface area contributed by atoms with Gasteiger partial charge in [-0.15, -0.1) is 0 Å². The number of benzene rings is 1. The normalized spacial score (nSPS) is 12.9. The zero-order chi connectivity index (χ0) is 13.9. The van der Waals surface area contributed by atoms with E-state index in [-0.39, 0.29) is 0 Å². The molecule has 104 valence electrons. The highest BCUT2D eigenvalue weighted by Crippen LogP contribution is 2.28. The predicted molar refractivity (Wildman–Crippen MR) is 83.2 cm³/mol. The summed E-state index contributed by atoms with van der Waals surface area (Å²) >= 11 is 0. The molecule has 4 nitrogen and oxygen atoms in total. The van der Waals surface area contributed by atoms with Gasteiger partial charge in [0.2, 0.25) is 5.95 Å². The summed E-state index contributed by atoms with van der Waals surface area (Å²) in [6.07, 6.45) is 4.94. The maximum atomic E-state index is 4.49. The van der Waals surface area contributed by atoms with E-state index in [0.717, 1.165) is 37.6 Å². The van der Waals surface area contributed by atoms with Crippen LogP contribution >= 0.6 is 0 Å². The molecular formula is C16H20N4. The fourth-order valence-electron chi connectivity index (χ4n) is 2.62. The van der Waals surface area contributed by atoms with Crippen molar-refractivity contribution in [1.82, 2.24) is 9.97 Å². The first kappa shape index (κ1) is 12.9. The van der Waals surface area contributed by atoms with Crippen molar-refractivity contribution in [2.45, 2.75) is 20.3 Å². The summed E-state index contributed by atoms with van der Waals surface area (Å²) in [6, 6.07) is 6.52. The lowest BCUT2D eigenvalue weighted by atomic mass is 10.0. The van der Waals surface area contributed by atoms with Gasteiger partial charge in [0.05, 0.1) is 0 Å². The third-order valence-electron chi connectivity index (χ3n) is 3.83. The van der Waals surface area contributed by atoms with Crippen LogP contribution in [0.5, 0.6) is 0 Å². The third-order valence-corrected chi connectivity index (χ3v) is 3.83. The zero-order valence-corrected chi connectivity index (χ0v) is 12.1. The van der Waals surface area contributed by atoms with Gasteiger partial charge in [0, 0.05) is 43.3 Å². The number of nitrogens with one attached hydrogen (secondary N) is 1. The molecule has 1 aliphatic rings. The van der Waals surface area contributed by atoms with E-state index in [1.807, 2.05) is 12.4 Å². The minimum atomic E-state index is 0.807. The van der Waals surface area contributed by atoms with Gasteiger partial charge in [0.25, 0.3) is 0 Å². The molecular weight excluding hydrogens is 248 g/mol. The molecule has 0 bridgehead atoms. The second kappa shape index (κ2) is 5.49. The topological polar surface area (TPSA) is 41.1 Å². The quantitative estimate of drug-likeness (QED) is 0.925. The highest BCUT2D eigenvalue weighted by atomic mass is 15.2. The minimum Gasteiger partial charge on any atom is -0.384 e. The monoisotopic (exact) mass is 268 g/mol. The van der Waals surface area contributed by atoms with Crippen LogP contribution in [-0.4, -0.2) is 29.6 Å². The van der Waals surface area contributed by atoms with E-state index in [9.17, 15) is 0 Å². The van der Waals surface area contributed by atoms with Crippen LogP contribution in [0.25, 0.3) is 11.1 Å². The first-order chi connectivity index (χ1) is 9.81. The first-order valence-corrected chi connectivity index (χ1v) is 7.26. The van der Waals surface area contributed by atoms with Crippen molar-refractivity contribution < 1.29 is 0 Å². The van der Waals surface area contributed by atoms with Crippen molar-refractivity contribution in [3.05, 3.63) is 36.2 Å². The predicted octanol–water partition coefficient (Wildman–Crippen LogP) is 2.96. The van der Waals surface area contributed by atoms with E-state index in [2.05, 4.69) is 52.2 Å². The molecule has 0 saturated heterocycles. The summed E-state index contributed by atoms with van der Waals surface area (Å²) in [5.74, 6) is 0.807. The van der Waals surface area contributed by atoms with E-state index in [1.165, 1.54) is 16.8 Å². The maximum absolute atomic E-state index is 4.49. The molecule has 0 radical (unpaired) electrons. The molecule has 2 aromatic rings. The average Bonchev–Trinajstić information content (AvgIpc) is 2.96. The highest BCUT2D eigenvalue weighted by molar-refractivity contribution is 5.69. The Morgan fingerprint density at radius 2 is 1.85 bits per heavy atom. The lowest BCUT2D eigenvalue weighted by Gasteiger charge is -2.18. The lowest BCUT2D eigenvalue weighted by molar-refractivity contribution is 0.821. The van der Waals surface area contributed by atoms with Crippen LogP contribution in [0.1, 0.15) is 19.4 Å². The lowest BCUT2D eigenvalue weighted by Crippen LogP contribution is -2.23. The molecule has 0 spiro atoms. The Morgan fingerprint density at radius 1 is 1.10 bits per heavy atom. The minimum absolute atomic E-state index is 0.807. The molecule has 2 heterocycles. The smallest absolute Gasteiger partial charge is 0.225 e. The zero-order valence-electron chi connectivity index (χ0n) is 12.1. The van der Waals surface area contributed by atoms with E-state index in [4.69, 9.17) is 0 Å². The molecule has 3 rings (SSSR count). The second-order valence-electron chi connectivity index (χ2n) is 4.99. The number of hydrogen-bond donors (Lipinski definition) is 1. The Labute approximate surface area is 119 Å². The summed E-state index contributed by atoms with van der Waals surface area (Å²) in [4.78, 5) is 11.1. The number of aromatic nitrogens is 2. The van der Waals surface area contributed by atoms with Crippen LogP contribution in [0.3, 0.4) is 0 Å². The van der Waals surface area contributed by atoms with E-state index < -0.39 is 0 Å². The number of rotatable bonds is 4. The molecule has 20 heavy (non-hydrogen) atoms. The van der Waals surface area contributed by atoms with Crippen molar-refractivity contribution in [1.29, 1.82) is 0 Å². The summed E-state index contributed by atoms with van der Waals surface area (Å²) < 4.78 is 0. The molecule has 1 aliphatic heterocycles. The average molecular weight is 268 g/mol. The Kier molecular flexibility index (Phi) is 3.54. The first-order valence-electron chi connectivity index (χ1n) is 7.26. The van der Waals surface area contributed by atoms with Gasteiger partial charge in [0.1, 0.15) is 0 Å². The Hall–Kier alpha value is -2.10. The van der Waals surface area contributed by atoms with Gasteiger partial charge in [-0.3, -0.25) is 0 Å². The van der Waals surface area contributed by atoms with Crippen LogP contribution < -0.4 is 10.2 Å². The second-order valence-corrected chi connectivity index (χ2v) is 4.99. The van der Waals surface area contributed by atoms with Crippen LogP contribution in [0.15, 0.2) is 30.6 Å². The van der Waals surface area contributed by atoms with Gasteiger partial charge < -0.3 is 10.2 Å². The molecule has 0 atom stereocenters. The number of nitrogens with zero attached hydrogens (tertiary/aromatic N) is 3. The van der Waals surface area contributed by atoms with Crippen molar-refractivity contribution in [3.63, 3.8) is 0 Å². The van der Waals surface area contributed by atoms with E-state index in [0.29, 0.717) is 0 Å². The van der Waals surface area contributed by atoms with Crippen molar-refractivity contribution in [2.24, 2.45) is 0 Å². The molecule has 0 aliphatic carbocycles. The summed E-state index contributed by atoms with van der Waals surface area (Å²) in [7, 11) is 0. The Morgan fingerprint density at radius 3 is 2.55 bits per heavy atom. The van der Waals surface area contributed by atoms with Crippen LogP contribution in [0.2, 0.25) is 0 Å². The van der Waals surface area contributed by atoms with Gasteiger partial charge in [-0.2, -0.15) is 0 Å². The Balaban J connectivity index is 1.87. The van der Waals surface area contributed by atoms with Crippen LogP contribution in [-0.2, 0) is 6.42 Å². The fourth-order valence-corrected chi connectivity index (χ4v) is 2.62. The molecule has 0 amide bonds. The third kappa shape index (κ3) is 2.33. The van der Waals surface area contributed by atoms with Gasteiger partial charge >= 0.3 is 0 Å². The molecule has 0 saturated carbocycles. The van der Waals surface area contributed by atoms with Gasteiger partial charge in [0.15, 0.2) is 0 Å². The number of anilines is 2. The Bertz CT molecular complexity index is 588. The molecule has 1 aromatic heterocycles. The number of hydrogen-bond acceptors (Lipinski definition) is 4. The molecule has 1 aromatic carbocycles. The van der Waals surface area contributed by atoms with Crippen molar-refractivity contribution in [2.75, 3.05) is 29.9 Å². The standard InChI is InChI=1S/C16H20N4/c1-3-20(4-2)16-18-10-14(11-19-16)12-5-6-15-13(9-12)7-8-17-15/h5-6,9-11,17H,3-4,7-8H2,1-2H3. The number of fused-ring (bicyclic) bond motifs is 1. The molecule has 0 unspecified atom stereocenters. The largest absolute Gasteiger partial charge is 0.384 e. The van der Waals surface area contributed by atoms with Gasteiger partial charge in [-0.1, -0.05) is 6.07 Å². The van der Waals surface area contributed by atoms with Crippen LogP contribution in [0.4, 0.5) is 11.6 Å². The summed E-state index contributed by atoms with van der Waals surface area (Å²) in [5.41, 5.74) is 4.92. The SMILES string of the molecule is CCN(CC)c1ncc(-c2ccc3c(c2)CCN3)cn1. The molecule has 1 N–H and O–H groups in total. The molecule has 0 fully saturated rings.